The van der Waals surface area contributed by atoms with E-state index in [1.165, 1.54) is 0 Å². The normalized spacial score (nSPS) is 13.4. The lowest BCUT2D eigenvalue weighted by Gasteiger charge is -2.05. The van der Waals surface area contributed by atoms with Gasteiger partial charge in [-0.05, 0) is 6.26 Å². The van der Waals surface area contributed by atoms with Crippen molar-refractivity contribution in [3.05, 3.63) is 12.7 Å². The molecule has 0 fully saturated rings. The molecule has 3 nitrogen and oxygen atoms in total. The zero-order valence-corrected chi connectivity index (χ0v) is 7.01. The first-order chi connectivity index (χ1) is 4.83. The third-order valence-electron chi connectivity index (χ3n) is 1.31. The van der Waals surface area contributed by atoms with Crippen molar-refractivity contribution in [1.29, 1.82) is 0 Å². The minimum Gasteiger partial charge on any atom is -0.252 e. The summed E-state index contributed by atoms with van der Waals surface area (Å²) in [7, 11) is 0. The van der Waals surface area contributed by atoms with Crippen molar-refractivity contribution >= 4 is 11.8 Å². The van der Waals surface area contributed by atoms with Crippen molar-refractivity contribution in [1.82, 2.24) is 14.8 Å². The first-order valence-corrected chi connectivity index (χ1v) is 4.47. The van der Waals surface area contributed by atoms with Gasteiger partial charge >= 0.3 is 0 Å². The molecule has 0 aliphatic carbocycles. The highest BCUT2D eigenvalue weighted by molar-refractivity contribution is 7.99. The highest BCUT2D eigenvalue weighted by Gasteiger charge is 1.99. The maximum absolute atomic E-state index is 4.00. The molecule has 0 saturated heterocycles. The van der Waals surface area contributed by atoms with Gasteiger partial charge in [-0.3, -0.25) is 4.68 Å². The minimum atomic E-state index is 0.613. The largest absolute Gasteiger partial charge is 0.252 e. The Kier molecular flexibility index (Phi) is 2.74. The summed E-state index contributed by atoms with van der Waals surface area (Å²) in [5.41, 5.74) is 0. The van der Waals surface area contributed by atoms with Gasteiger partial charge in [0.1, 0.15) is 12.7 Å². The van der Waals surface area contributed by atoms with Crippen LogP contribution in [0.2, 0.25) is 0 Å². The number of nitrogens with zero attached hydrogens (tertiary/aromatic N) is 3. The quantitative estimate of drug-likeness (QED) is 0.656. The Balaban J connectivity index is 2.40. The zero-order chi connectivity index (χ0) is 7.40. The number of hydrogen-bond acceptors (Lipinski definition) is 3. The molecule has 1 unspecified atom stereocenters. The molecule has 1 aromatic rings. The standard InChI is InChI=1S/C6H11N3S/c1-6(10-2)3-9-5-7-4-8-9/h4-6H,3H2,1-2H3. The number of aromatic nitrogens is 3. The average molecular weight is 157 g/mol. The van der Waals surface area contributed by atoms with Gasteiger partial charge in [-0.2, -0.15) is 16.9 Å². The average Bonchev–Trinajstić information content (AvgIpc) is 2.40. The molecule has 0 bridgehead atoms. The third-order valence-corrected chi connectivity index (χ3v) is 2.27. The summed E-state index contributed by atoms with van der Waals surface area (Å²) in [4.78, 5) is 3.85. The van der Waals surface area contributed by atoms with Crippen molar-refractivity contribution < 1.29 is 0 Å². The van der Waals surface area contributed by atoms with Gasteiger partial charge in [0.25, 0.3) is 0 Å². The fourth-order valence-corrected chi connectivity index (χ4v) is 0.967. The predicted octanol–water partition coefficient (Wildman–Crippen LogP) is 1.03. The molecule has 10 heavy (non-hydrogen) atoms. The number of thioether (sulfide) groups is 1. The first kappa shape index (κ1) is 7.60. The molecule has 0 aromatic carbocycles. The molecule has 1 heterocycles. The molecule has 56 valence electrons. The SMILES string of the molecule is CSC(C)Cn1cncn1. The molecule has 1 rings (SSSR count). The van der Waals surface area contributed by atoms with Gasteiger partial charge < -0.3 is 0 Å². The van der Waals surface area contributed by atoms with Crippen LogP contribution in [0.4, 0.5) is 0 Å². The van der Waals surface area contributed by atoms with Crippen LogP contribution in [0, 0.1) is 0 Å². The van der Waals surface area contributed by atoms with Crippen molar-refractivity contribution in [2.75, 3.05) is 6.26 Å². The smallest absolute Gasteiger partial charge is 0.137 e. The lowest BCUT2D eigenvalue weighted by Crippen LogP contribution is -2.08. The molecule has 4 heteroatoms. The van der Waals surface area contributed by atoms with Crippen molar-refractivity contribution in [2.45, 2.75) is 18.7 Å². The molecule has 0 spiro atoms. The monoisotopic (exact) mass is 157 g/mol. The summed E-state index contributed by atoms with van der Waals surface area (Å²) in [5.74, 6) is 0. The Morgan fingerprint density at radius 3 is 3.00 bits per heavy atom. The summed E-state index contributed by atoms with van der Waals surface area (Å²) in [6.07, 6.45) is 5.40. The minimum absolute atomic E-state index is 0.613. The zero-order valence-electron chi connectivity index (χ0n) is 6.19. The maximum atomic E-state index is 4.00. The van der Waals surface area contributed by atoms with Gasteiger partial charge in [0.2, 0.25) is 0 Å². The lowest BCUT2D eigenvalue weighted by molar-refractivity contribution is 0.611. The Hall–Kier alpha value is -0.510. The van der Waals surface area contributed by atoms with E-state index in [1.807, 2.05) is 16.4 Å². The van der Waals surface area contributed by atoms with Crippen LogP contribution in [0.3, 0.4) is 0 Å². The Morgan fingerprint density at radius 2 is 2.50 bits per heavy atom. The Morgan fingerprint density at radius 1 is 1.70 bits per heavy atom. The van der Waals surface area contributed by atoms with Crippen molar-refractivity contribution in [2.24, 2.45) is 0 Å². The fourth-order valence-electron chi connectivity index (χ4n) is 0.665. The van der Waals surface area contributed by atoms with Crippen LogP contribution < -0.4 is 0 Å². The van der Waals surface area contributed by atoms with Crippen LogP contribution in [0.5, 0.6) is 0 Å². The van der Waals surface area contributed by atoms with E-state index < -0.39 is 0 Å². The molecule has 1 aromatic heterocycles. The highest BCUT2D eigenvalue weighted by atomic mass is 32.2. The van der Waals surface area contributed by atoms with Gasteiger partial charge in [0.15, 0.2) is 0 Å². The summed E-state index contributed by atoms with van der Waals surface area (Å²) in [6.45, 7) is 3.12. The first-order valence-electron chi connectivity index (χ1n) is 3.18. The lowest BCUT2D eigenvalue weighted by atomic mass is 10.5. The van der Waals surface area contributed by atoms with Gasteiger partial charge in [0.05, 0.1) is 6.54 Å². The molecule has 0 aliphatic heterocycles. The van der Waals surface area contributed by atoms with Crippen molar-refractivity contribution in [3.8, 4) is 0 Å². The summed E-state index contributed by atoms with van der Waals surface area (Å²) in [6, 6.07) is 0. The van der Waals surface area contributed by atoms with Crippen LogP contribution in [0.25, 0.3) is 0 Å². The highest BCUT2D eigenvalue weighted by Crippen LogP contribution is 2.05. The Labute approximate surface area is 64.8 Å². The predicted molar refractivity (Wildman–Crippen MR) is 43.0 cm³/mol. The third kappa shape index (κ3) is 2.02. The summed E-state index contributed by atoms with van der Waals surface area (Å²) >= 11 is 1.83. The van der Waals surface area contributed by atoms with E-state index in [2.05, 4.69) is 23.3 Å². The molecular weight excluding hydrogens is 146 g/mol. The van der Waals surface area contributed by atoms with Crippen LogP contribution in [0.1, 0.15) is 6.92 Å². The van der Waals surface area contributed by atoms with Gasteiger partial charge in [0, 0.05) is 5.25 Å². The van der Waals surface area contributed by atoms with Gasteiger partial charge in [-0.25, -0.2) is 4.98 Å². The van der Waals surface area contributed by atoms with E-state index >= 15 is 0 Å². The second-order valence-electron chi connectivity index (χ2n) is 2.16. The van der Waals surface area contributed by atoms with Crippen LogP contribution >= 0.6 is 11.8 Å². The second-order valence-corrected chi connectivity index (χ2v) is 3.44. The molecular formula is C6H11N3S. The van der Waals surface area contributed by atoms with E-state index in [9.17, 15) is 0 Å². The molecule has 0 N–H and O–H groups in total. The molecule has 0 saturated carbocycles. The molecule has 0 radical (unpaired) electrons. The van der Waals surface area contributed by atoms with E-state index in [0.717, 1.165) is 6.54 Å². The molecule has 1 atom stereocenters. The molecule has 0 aliphatic rings. The van der Waals surface area contributed by atoms with Gasteiger partial charge in [-0.1, -0.05) is 6.92 Å². The Bertz CT molecular complexity index is 173. The number of rotatable bonds is 3. The van der Waals surface area contributed by atoms with Crippen LogP contribution in [0.15, 0.2) is 12.7 Å². The van der Waals surface area contributed by atoms with E-state index in [-0.39, 0.29) is 0 Å². The van der Waals surface area contributed by atoms with E-state index in [1.54, 1.807) is 12.7 Å². The molecule has 0 amide bonds. The second kappa shape index (κ2) is 3.61. The topological polar surface area (TPSA) is 30.7 Å². The van der Waals surface area contributed by atoms with Crippen LogP contribution in [-0.2, 0) is 6.54 Å². The van der Waals surface area contributed by atoms with E-state index in [4.69, 9.17) is 0 Å². The van der Waals surface area contributed by atoms with Crippen LogP contribution in [-0.4, -0.2) is 26.3 Å². The fraction of sp³-hybridized carbons (Fsp3) is 0.667. The summed E-state index contributed by atoms with van der Waals surface area (Å²) in [5, 5.41) is 4.61. The number of hydrogen-bond donors (Lipinski definition) is 0. The van der Waals surface area contributed by atoms with Gasteiger partial charge in [-0.15, -0.1) is 0 Å². The van der Waals surface area contributed by atoms with E-state index in [0.29, 0.717) is 5.25 Å². The maximum Gasteiger partial charge on any atom is 0.137 e. The van der Waals surface area contributed by atoms with Crippen molar-refractivity contribution in [3.63, 3.8) is 0 Å². The summed E-state index contributed by atoms with van der Waals surface area (Å²) < 4.78 is 1.85.